The molecule has 0 saturated heterocycles. The number of hydrogen-bond acceptors (Lipinski definition) is 3. The molecule has 1 aromatic heterocycles. The van der Waals surface area contributed by atoms with Gasteiger partial charge in [-0.3, -0.25) is 9.48 Å². The highest BCUT2D eigenvalue weighted by Crippen LogP contribution is 2.16. The zero-order valence-corrected chi connectivity index (χ0v) is 16.6. The second-order valence-electron chi connectivity index (χ2n) is 6.59. The number of unbranched alkanes of at least 4 members (excludes halogenated alkanes) is 4. The van der Waals surface area contributed by atoms with Crippen molar-refractivity contribution in [2.75, 3.05) is 13.1 Å². The zero-order chi connectivity index (χ0) is 19.0. The lowest BCUT2D eigenvalue weighted by atomic mass is 10.0. The van der Waals surface area contributed by atoms with Gasteiger partial charge in [0, 0.05) is 18.8 Å². The number of hydrogen-bond donors (Lipinski definition) is 2. The third-order valence-corrected chi connectivity index (χ3v) is 4.31. The lowest BCUT2D eigenvalue weighted by Crippen LogP contribution is -2.29. The van der Waals surface area contributed by atoms with Crippen LogP contribution < -0.4 is 10.6 Å². The molecule has 0 radical (unpaired) electrons. The molecular weight excluding hydrogens is 324 g/mol. The van der Waals surface area contributed by atoms with Gasteiger partial charge in [0.15, 0.2) is 0 Å². The van der Waals surface area contributed by atoms with Crippen molar-refractivity contribution in [1.29, 1.82) is 0 Å². The summed E-state index contributed by atoms with van der Waals surface area (Å²) >= 11 is 0. The molecule has 0 aliphatic heterocycles. The number of carbonyl (C=O) groups is 1. The number of carbonyl (C=O) groups excluding carboxylic acids is 1. The molecule has 1 rings (SSSR count). The van der Waals surface area contributed by atoms with Crippen LogP contribution >= 0.6 is 0 Å². The molecule has 1 heterocycles. The Morgan fingerprint density at radius 2 is 1.88 bits per heavy atom. The number of rotatable bonds is 15. The molecule has 1 aromatic rings. The Balaban J connectivity index is 2.57. The lowest BCUT2D eigenvalue weighted by Gasteiger charge is -2.10. The number of amides is 1. The van der Waals surface area contributed by atoms with E-state index in [-0.39, 0.29) is 5.91 Å². The normalized spacial score (nSPS) is 11.0. The largest absolute Gasteiger partial charge is 0.388 e. The lowest BCUT2D eigenvalue weighted by molar-refractivity contribution is -0.121. The molecule has 146 valence electrons. The first-order valence-electron chi connectivity index (χ1n) is 10.0. The smallest absolute Gasteiger partial charge is 0.241 e. The Bertz CT molecular complexity index is 548. The molecule has 26 heavy (non-hydrogen) atoms. The molecule has 0 aliphatic rings. The topological polar surface area (TPSA) is 58.9 Å². The summed E-state index contributed by atoms with van der Waals surface area (Å²) in [6.07, 6.45) is 16.8. The van der Waals surface area contributed by atoms with E-state index in [9.17, 15) is 4.79 Å². The number of aryl methyl sites for hydroxylation is 1. The minimum Gasteiger partial charge on any atom is -0.388 e. The van der Waals surface area contributed by atoms with E-state index in [0.29, 0.717) is 13.1 Å². The molecule has 0 aliphatic carbocycles. The fourth-order valence-corrected chi connectivity index (χ4v) is 2.85. The standard InChI is InChI=1S/C21H36N4O/c1-4-7-9-12-19-17-24-25(20(19)13-10-8-5-2)18-21(26)23-16-11-15-22-14-6-3/h6,11,15,17,22H,3-5,7-10,12-14,16,18H2,1-2H3,(H,23,26). The monoisotopic (exact) mass is 360 g/mol. The SMILES string of the molecule is C=CCNC=CCNC(=O)Cn1ncc(CCCCC)c1CCCCC. The molecule has 0 unspecified atom stereocenters. The van der Waals surface area contributed by atoms with Gasteiger partial charge in [-0.25, -0.2) is 0 Å². The molecule has 0 saturated carbocycles. The average Bonchev–Trinajstić information content (AvgIpc) is 3.00. The van der Waals surface area contributed by atoms with Crippen molar-refractivity contribution in [2.45, 2.75) is 71.8 Å². The van der Waals surface area contributed by atoms with E-state index >= 15 is 0 Å². The fourth-order valence-electron chi connectivity index (χ4n) is 2.85. The summed E-state index contributed by atoms with van der Waals surface area (Å²) in [6.45, 7) is 9.60. The maximum atomic E-state index is 12.2. The quantitative estimate of drug-likeness (QED) is 0.370. The van der Waals surface area contributed by atoms with Gasteiger partial charge in [0.25, 0.3) is 0 Å². The van der Waals surface area contributed by atoms with Gasteiger partial charge < -0.3 is 10.6 Å². The Morgan fingerprint density at radius 3 is 2.58 bits per heavy atom. The Morgan fingerprint density at radius 1 is 1.15 bits per heavy atom. The van der Waals surface area contributed by atoms with E-state index in [4.69, 9.17) is 0 Å². The third-order valence-electron chi connectivity index (χ3n) is 4.31. The molecule has 0 fully saturated rings. The van der Waals surface area contributed by atoms with Gasteiger partial charge >= 0.3 is 0 Å². The van der Waals surface area contributed by atoms with E-state index in [1.165, 1.54) is 43.4 Å². The third kappa shape index (κ3) is 8.88. The van der Waals surface area contributed by atoms with Crippen LogP contribution in [0.15, 0.2) is 31.1 Å². The molecule has 2 N–H and O–H groups in total. The van der Waals surface area contributed by atoms with Gasteiger partial charge in [-0.05, 0) is 43.5 Å². The number of nitrogens with zero attached hydrogens (tertiary/aromatic N) is 2. The van der Waals surface area contributed by atoms with Crippen molar-refractivity contribution in [3.63, 3.8) is 0 Å². The van der Waals surface area contributed by atoms with Crippen molar-refractivity contribution in [1.82, 2.24) is 20.4 Å². The van der Waals surface area contributed by atoms with Crippen molar-refractivity contribution < 1.29 is 4.79 Å². The predicted octanol–water partition coefficient (Wildman–Crippen LogP) is 3.75. The van der Waals surface area contributed by atoms with Gasteiger partial charge in [-0.1, -0.05) is 45.6 Å². The van der Waals surface area contributed by atoms with Crippen LogP contribution in [-0.4, -0.2) is 28.8 Å². The highest BCUT2D eigenvalue weighted by atomic mass is 16.2. The molecule has 5 nitrogen and oxygen atoms in total. The summed E-state index contributed by atoms with van der Waals surface area (Å²) < 4.78 is 1.89. The van der Waals surface area contributed by atoms with Crippen LogP contribution in [-0.2, 0) is 24.2 Å². The fraction of sp³-hybridized carbons (Fsp3) is 0.619. The van der Waals surface area contributed by atoms with Gasteiger partial charge in [-0.2, -0.15) is 5.10 Å². The van der Waals surface area contributed by atoms with Crippen molar-refractivity contribution in [3.05, 3.63) is 42.4 Å². The summed E-state index contributed by atoms with van der Waals surface area (Å²) in [6, 6.07) is 0. The molecule has 0 bridgehead atoms. The van der Waals surface area contributed by atoms with Crippen LogP contribution in [0.3, 0.4) is 0 Å². The second-order valence-corrected chi connectivity index (χ2v) is 6.59. The van der Waals surface area contributed by atoms with E-state index < -0.39 is 0 Å². The summed E-state index contributed by atoms with van der Waals surface area (Å²) in [7, 11) is 0. The summed E-state index contributed by atoms with van der Waals surface area (Å²) in [5.41, 5.74) is 2.56. The van der Waals surface area contributed by atoms with E-state index in [1.807, 2.05) is 23.2 Å². The van der Waals surface area contributed by atoms with Crippen LogP contribution in [0, 0.1) is 0 Å². The Labute approximate surface area is 158 Å². The van der Waals surface area contributed by atoms with Gasteiger partial charge in [0.1, 0.15) is 6.54 Å². The number of nitrogens with one attached hydrogen (secondary N) is 2. The van der Waals surface area contributed by atoms with Crippen molar-refractivity contribution >= 4 is 5.91 Å². The summed E-state index contributed by atoms with van der Waals surface area (Å²) in [5, 5.41) is 10.5. The van der Waals surface area contributed by atoms with Gasteiger partial charge in [0.2, 0.25) is 5.91 Å². The Hall–Kier alpha value is -2.04. The Kier molecular flexibility index (Phi) is 12.0. The molecule has 1 amide bonds. The van der Waals surface area contributed by atoms with Crippen LogP contribution in [0.2, 0.25) is 0 Å². The minimum atomic E-state index is -0.00156. The van der Waals surface area contributed by atoms with Crippen LogP contribution in [0.1, 0.15) is 63.6 Å². The average molecular weight is 361 g/mol. The first-order valence-corrected chi connectivity index (χ1v) is 10.0. The molecular formula is C21H36N4O. The summed E-state index contributed by atoms with van der Waals surface area (Å²) in [4.78, 5) is 12.2. The maximum Gasteiger partial charge on any atom is 0.241 e. The first kappa shape index (κ1) is 22.0. The summed E-state index contributed by atoms with van der Waals surface area (Å²) in [5.74, 6) is -0.00156. The zero-order valence-electron chi connectivity index (χ0n) is 16.6. The van der Waals surface area contributed by atoms with E-state index in [2.05, 4.69) is 36.2 Å². The van der Waals surface area contributed by atoms with Gasteiger partial charge in [0.05, 0.1) is 6.20 Å². The highest BCUT2D eigenvalue weighted by Gasteiger charge is 2.13. The first-order chi connectivity index (χ1) is 12.7. The van der Waals surface area contributed by atoms with Crippen LogP contribution in [0.25, 0.3) is 0 Å². The van der Waals surface area contributed by atoms with Crippen LogP contribution in [0.5, 0.6) is 0 Å². The molecule has 5 heteroatoms. The predicted molar refractivity (Wildman–Crippen MR) is 109 cm³/mol. The number of aromatic nitrogens is 2. The van der Waals surface area contributed by atoms with Crippen molar-refractivity contribution in [3.8, 4) is 0 Å². The second kappa shape index (κ2) is 14.2. The van der Waals surface area contributed by atoms with E-state index in [0.717, 1.165) is 25.8 Å². The molecule has 0 aromatic carbocycles. The van der Waals surface area contributed by atoms with Crippen LogP contribution in [0.4, 0.5) is 0 Å². The van der Waals surface area contributed by atoms with E-state index in [1.54, 1.807) is 6.08 Å². The van der Waals surface area contributed by atoms with Crippen molar-refractivity contribution in [2.24, 2.45) is 0 Å². The molecule has 0 spiro atoms. The molecule has 0 atom stereocenters. The minimum absolute atomic E-state index is 0.00156. The van der Waals surface area contributed by atoms with Gasteiger partial charge in [-0.15, -0.1) is 6.58 Å². The highest BCUT2D eigenvalue weighted by molar-refractivity contribution is 5.75. The maximum absolute atomic E-state index is 12.2.